The summed E-state index contributed by atoms with van der Waals surface area (Å²) in [6, 6.07) is 1.45. The van der Waals surface area contributed by atoms with Gasteiger partial charge < -0.3 is 16.8 Å². The predicted molar refractivity (Wildman–Crippen MR) is 77.4 cm³/mol. The van der Waals surface area contributed by atoms with Crippen LogP contribution in [0.4, 0.5) is 19.0 Å². The average molecular weight is 336 g/mol. The number of carbonyl (C=O) groups is 1. The molecule has 0 aliphatic carbocycles. The largest absolute Gasteiger partial charge is 0.408 e. The van der Waals surface area contributed by atoms with Crippen LogP contribution >= 0.6 is 11.8 Å². The maximum atomic E-state index is 12.0. The van der Waals surface area contributed by atoms with Crippen LogP contribution < -0.4 is 16.8 Å². The highest BCUT2D eigenvalue weighted by atomic mass is 32.2. The third-order valence-electron chi connectivity index (χ3n) is 2.12. The van der Waals surface area contributed by atoms with Crippen LogP contribution in [-0.4, -0.2) is 40.3 Å². The van der Waals surface area contributed by atoms with Crippen LogP contribution in [0.3, 0.4) is 0 Å². The fraction of sp³-hybridized carbons (Fsp3) is 0.455. The number of nitrogens with zero attached hydrogens (tertiary/aromatic N) is 3. The summed E-state index contributed by atoms with van der Waals surface area (Å²) >= 11 is 1.29. The number of carbonyl (C=O) groups excluding carboxylic acids is 1. The Hall–Kier alpha value is -2.04. The van der Waals surface area contributed by atoms with E-state index in [1.54, 1.807) is 0 Å². The molecule has 0 saturated heterocycles. The molecule has 5 N–H and O–H groups in total. The zero-order valence-electron chi connectivity index (χ0n) is 11.4. The summed E-state index contributed by atoms with van der Waals surface area (Å²) in [6.07, 6.45) is -2.14. The highest BCUT2D eigenvalue weighted by molar-refractivity contribution is 7.99. The van der Waals surface area contributed by atoms with Crippen LogP contribution in [0.15, 0.2) is 22.4 Å². The smallest absolute Gasteiger partial charge is 0.370 e. The fourth-order valence-corrected chi connectivity index (χ4v) is 2.00. The van der Waals surface area contributed by atoms with Crippen molar-refractivity contribution in [3.63, 3.8) is 0 Å². The van der Waals surface area contributed by atoms with Crippen molar-refractivity contribution in [2.45, 2.75) is 24.2 Å². The minimum atomic E-state index is -4.42. The molecule has 1 aromatic rings. The topological polar surface area (TPSA) is 119 Å². The number of thioether (sulfide) groups is 1. The number of hydrogen-bond donors (Lipinski definition) is 3. The molecule has 0 aliphatic rings. The molecule has 0 radical (unpaired) electrons. The molecule has 0 atom stereocenters. The van der Waals surface area contributed by atoms with E-state index in [-0.39, 0.29) is 24.1 Å². The fourth-order valence-electron chi connectivity index (χ4n) is 1.24. The van der Waals surface area contributed by atoms with Crippen molar-refractivity contribution in [2.75, 3.05) is 17.6 Å². The van der Waals surface area contributed by atoms with E-state index in [0.29, 0.717) is 17.3 Å². The van der Waals surface area contributed by atoms with Gasteiger partial charge >= 0.3 is 6.18 Å². The van der Waals surface area contributed by atoms with Crippen LogP contribution in [0.5, 0.6) is 0 Å². The summed E-state index contributed by atoms with van der Waals surface area (Å²) in [5.74, 6) is 0.0476. The lowest BCUT2D eigenvalue weighted by Crippen LogP contribution is -2.26. The Morgan fingerprint density at radius 3 is 2.77 bits per heavy atom. The van der Waals surface area contributed by atoms with E-state index < -0.39 is 12.7 Å². The SMILES string of the molecule is NC(=O)CCCSc1nccc(NC(N)=NCC(F)(F)F)n1. The quantitative estimate of drug-likeness (QED) is 0.226. The van der Waals surface area contributed by atoms with E-state index in [1.807, 2.05) is 0 Å². The number of aromatic nitrogens is 2. The summed E-state index contributed by atoms with van der Waals surface area (Å²) in [5.41, 5.74) is 10.4. The Labute approximate surface area is 128 Å². The molecule has 0 aliphatic heterocycles. The van der Waals surface area contributed by atoms with Gasteiger partial charge in [0.1, 0.15) is 12.4 Å². The molecule has 0 aromatic carbocycles. The number of aliphatic imine (C=N–C) groups is 1. The minimum absolute atomic E-state index is 0.232. The molecule has 122 valence electrons. The van der Waals surface area contributed by atoms with Gasteiger partial charge in [0.05, 0.1) is 0 Å². The molecule has 1 heterocycles. The first-order chi connectivity index (χ1) is 10.3. The Morgan fingerprint density at radius 1 is 1.41 bits per heavy atom. The lowest BCUT2D eigenvalue weighted by Gasteiger charge is -2.07. The van der Waals surface area contributed by atoms with Gasteiger partial charge in [0.25, 0.3) is 0 Å². The number of alkyl halides is 3. The molecule has 11 heteroatoms. The third kappa shape index (κ3) is 8.29. The zero-order chi connectivity index (χ0) is 16.6. The number of amides is 1. The van der Waals surface area contributed by atoms with E-state index in [4.69, 9.17) is 11.5 Å². The van der Waals surface area contributed by atoms with Gasteiger partial charge in [-0.3, -0.25) is 4.79 Å². The molecular weight excluding hydrogens is 321 g/mol. The summed E-state index contributed by atoms with van der Waals surface area (Å²) in [4.78, 5) is 21.8. The minimum Gasteiger partial charge on any atom is -0.370 e. The first-order valence-electron chi connectivity index (χ1n) is 6.14. The molecule has 0 saturated carbocycles. The van der Waals surface area contributed by atoms with E-state index in [9.17, 15) is 18.0 Å². The number of rotatable bonds is 7. The standard InChI is InChI=1S/C11H15F3N6OS/c12-11(13,14)6-18-9(16)19-8-3-4-17-10(20-8)22-5-1-2-7(15)21/h3-4H,1-2,5-6H2,(H2,15,21)(H3,16,17,18,19,20). The van der Waals surface area contributed by atoms with Crippen molar-refractivity contribution in [1.29, 1.82) is 0 Å². The summed E-state index contributed by atoms with van der Waals surface area (Å²) < 4.78 is 36.0. The van der Waals surface area contributed by atoms with Gasteiger partial charge in [-0.15, -0.1) is 0 Å². The maximum Gasteiger partial charge on any atom is 0.408 e. The Bertz CT molecular complexity index is 537. The van der Waals surface area contributed by atoms with Crippen molar-refractivity contribution in [3.8, 4) is 0 Å². The molecule has 0 unspecified atom stereocenters. The average Bonchev–Trinajstić information content (AvgIpc) is 2.41. The summed E-state index contributed by atoms with van der Waals surface area (Å²) in [6.45, 7) is -1.37. The Balaban J connectivity index is 2.51. The van der Waals surface area contributed by atoms with E-state index in [0.717, 1.165) is 0 Å². The summed E-state index contributed by atoms with van der Waals surface area (Å²) in [5, 5.41) is 2.85. The van der Waals surface area contributed by atoms with Crippen molar-refractivity contribution in [1.82, 2.24) is 9.97 Å². The summed E-state index contributed by atoms with van der Waals surface area (Å²) in [7, 11) is 0. The van der Waals surface area contributed by atoms with Crippen LogP contribution in [0.1, 0.15) is 12.8 Å². The molecule has 0 spiro atoms. The molecule has 22 heavy (non-hydrogen) atoms. The molecule has 1 aromatic heterocycles. The van der Waals surface area contributed by atoms with Crippen LogP contribution in [0.25, 0.3) is 0 Å². The van der Waals surface area contributed by atoms with Crippen LogP contribution in [0, 0.1) is 0 Å². The third-order valence-corrected chi connectivity index (χ3v) is 3.06. The number of anilines is 1. The monoisotopic (exact) mass is 336 g/mol. The first-order valence-corrected chi connectivity index (χ1v) is 7.12. The number of hydrogen-bond acceptors (Lipinski definition) is 5. The normalized spacial score (nSPS) is 12.2. The maximum absolute atomic E-state index is 12.0. The van der Waals surface area contributed by atoms with E-state index in [1.165, 1.54) is 24.0 Å². The van der Waals surface area contributed by atoms with Gasteiger partial charge in [-0.05, 0) is 12.5 Å². The molecule has 1 amide bonds. The lowest BCUT2D eigenvalue weighted by molar-refractivity contribution is -0.119. The van der Waals surface area contributed by atoms with Crippen LogP contribution in [-0.2, 0) is 4.79 Å². The van der Waals surface area contributed by atoms with E-state index >= 15 is 0 Å². The van der Waals surface area contributed by atoms with Crippen molar-refractivity contribution >= 4 is 29.4 Å². The van der Waals surface area contributed by atoms with Crippen molar-refractivity contribution in [2.24, 2.45) is 16.5 Å². The van der Waals surface area contributed by atoms with Gasteiger partial charge in [0.2, 0.25) is 5.91 Å². The van der Waals surface area contributed by atoms with Gasteiger partial charge in [-0.2, -0.15) is 13.2 Å². The van der Waals surface area contributed by atoms with Crippen LogP contribution in [0.2, 0.25) is 0 Å². The number of nitrogens with one attached hydrogen (secondary N) is 1. The highest BCUT2D eigenvalue weighted by Gasteiger charge is 2.26. The molecule has 0 bridgehead atoms. The van der Waals surface area contributed by atoms with Gasteiger partial charge in [0, 0.05) is 18.4 Å². The predicted octanol–water partition coefficient (Wildman–Crippen LogP) is 1.12. The number of halogens is 3. The first kappa shape index (κ1) is 18.0. The van der Waals surface area contributed by atoms with Gasteiger partial charge in [0.15, 0.2) is 11.1 Å². The lowest BCUT2D eigenvalue weighted by atomic mass is 10.3. The second-order valence-corrected chi connectivity index (χ2v) is 5.15. The second-order valence-electron chi connectivity index (χ2n) is 4.08. The number of nitrogens with two attached hydrogens (primary N) is 2. The van der Waals surface area contributed by atoms with Gasteiger partial charge in [-0.1, -0.05) is 11.8 Å². The zero-order valence-corrected chi connectivity index (χ0v) is 12.2. The molecule has 1 rings (SSSR count). The number of primary amides is 1. The molecular formula is C11H15F3N6OS. The Morgan fingerprint density at radius 2 is 2.14 bits per heavy atom. The molecule has 7 nitrogen and oxygen atoms in total. The Kier molecular flexibility index (Phi) is 6.89. The van der Waals surface area contributed by atoms with Gasteiger partial charge in [-0.25, -0.2) is 15.0 Å². The highest BCUT2D eigenvalue weighted by Crippen LogP contribution is 2.16. The van der Waals surface area contributed by atoms with Crippen molar-refractivity contribution in [3.05, 3.63) is 12.3 Å². The number of guanidine groups is 1. The van der Waals surface area contributed by atoms with E-state index in [2.05, 4.69) is 20.3 Å². The molecule has 0 fully saturated rings. The second kappa shape index (κ2) is 8.41. The van der Waals surface area contributed by atoms with Crippen molar-refractivity contribution < 1.29 is 18.0 Å².